The van der Waals surface area contributed by atoms with E-state index >= 15 is 0 Å². The Morgan fingerprint density at radius 2 is 2.19 bits per heavy atom. The number of carbonyl (C=O) groups is 2. The van der Waals surface area contributed by atoms with Crippen LogP contribution in [0.15, 0.2) is 12.7 Å². The van der Waals surface area contributed by atoms with E-state index in [1.165, 1.54) is 0 Å². The van der Waals surface area contributed by atoms with Crippen LogP contribution in [0.1, 0.15) is 33.6 Å². The molecule has 0 aromatic heterocycles. The van der Waals surface area contributed by atoms with Crippen LogP contribution in [0.5, 0.6) is 0 Å². The van der Waals surface area contributed by atoms with Gasteiger partial charge in [0.15, 0.2) is 5.78 Å². The SMILES string of the molecule is C=CCC(C)C(=O)N1CC(C)CC1C(C)=O. The molecule has 0 N–H and O–H groups in total. The monoisotopic (exact) mass is 223 g/mol. The first-order valence-electron chi connectivity index (χ1n) is 5.89. The molecule has 0 bridgehead atoms. The summed E-state index contributed by atoms with van der Waals surface area (Å²) in [6, 6.07) is -0.199. The highest BCUT2D eigenvalue weighted by Crippen LogP contribution is 2.25. The fourth-order valence-corrected chi connectivity index (χ4v) is 2.31. The molecule has 0 aromatic carbocycles. The fraction of sp³-hybridized carbons (Fsp3) is 0.692. The maximum atomic E-state index is 12.1. The predicted octanol–water partition coefficient (Wildman–Crippen LogP) is 2.02. The average Bonchev–Trinajstić information content (AvgIpc) is 2.59. The van der Waals surface area contributed by atoms with Crippen molar-refractivity contribution in [2.75, 3.05) is 6.54 Å². The highest BCUT2D eigenvalue weighted by Gasteiger charge is 2.36. The second-order valence-corrected chi connectivity index (χ2v) is 4.88. The van der Waals surface area contributed by atoms with Gasteiger partial charge in [-0.1, -0.05) is 19.9 Å². The summed E-state index contributed by atoms with van der Waals surface area (Å²) in [6.45, 7) is 9.90. The van der Waals surface area contributed by atoms with Crippen molar-refractivity contribution in [3.63, 3.8) is 0 Å². The summed E-state index contributed by atoms with van der Waals surface area (Å²) in [5.74, 6) is 0.548. The van der Waals surface area contributed by atoms with Gasteiger partial charge in [0.25, 0.3) is 0 Å². The molecule has 3 heteroatoms. The third kappa shape index (κ3) is 2.71. The zero-order valence-electron chi connectivity index (χ0n) is 10.4. The van der Waals surface area contributed by atoms with Gasteiger partial charge in [0, 0.05) is 12.5 Å². The van der Waals surface area contributed by atoms with Crippen LogP contribution in [-0.2, 0) is 9.59 Å². The Hall–Kier alpha value is -1.12. The molecule has 0 spiro atoms. The van der Waals surface area contributed by atoms with Crippen LogP contribution in [0, 0.1) is 11.8 Å². The molecular weight excluding hydrogens is 202 g/mol. The highest BCUT2D eigenvalue weighted by atomic mass is 16.2. The van der Waals surface area contributed by atoms with Gasteiger partial charge in [-0.15, -0.1) is 6.58 Å². The van der Waals surface area contributed by atoms with E-state index in [4.69, 9.17) is 0 Å². The minimum Gasteiger partial charge on any atom is -0.332 e. The summed E-state index contributed by atoms with van der Waals surface area (Å²) in [7, 11) is 0. The molecule has 1 aliphatic rings. The van der Waals surface area contributed by atoms with E-state index in [1.54, 1.807) is 17.9 Å². The number of rotatable bonds is 4. The number of Topliss-reactive ketones (excluding diaryl/α,β-unsaturated/α-hetero) is 1. The summed E-state index contributed by atoms with van der Waals surface area (Å²) in [5.41, 5.74) is 0. The zero-order chi connectivity index (χ0) is 12.3. The molecule has 3 atom stereocenters. The normalized spacial score (nSPS) is 26.6. The quantitative estimate of drug-likeness (QED) is 0.684. The minimum atomic E-state index is -0.199. The Balaban J connectivity index is 2.73. The van der Waals surface area contributed by atoms with Crippen LogP contribution >= 0.6 is 0 Å². The number of hydrogen-bond donors (Lipinski definition) is 0. The summed E-state index contributed by atoms with van der Waals surface area (Å²) in [6.07, 6.45) is 3.24. The second kappa shape index (κ2) is 5.28. The van der Waals surface area contributed by atoms with E-state index in [1.807, 2.05) is 6.92 Å². The van der Waals surface area contributed by atoms with E-state index in [9.17, 15) is 9.59 Å². The molecule has 1 aliphatic heterocycles. The van der Waals surface area contributed by atoms with Crippen LogP contribution in [-0.4, -0.2) is 29.2 Å². The standard InChI is InChI=1S/C13H21NO2/c1-5-6-10(3)13(16)14-8-9(2)7-12(14)11(4)15/h5,9-10,12H,1,6-8H2,2-4H3. The lowest BCUT2D eigenvalue weighted by Gasteiger charge is -2.25. The average molecular weight is 223 g/mol. The van der Waals surface area contributed by atoms with E-state index < -0.39 is 0 Å². The number of carbonyl (C=O) groups excluding carboxylic acids is 2. The number of ketones is 1. The van der Waals surface area contributed by atoms with Crippen molar-refractivity contribution < 1.29 is 9.59 Å². The van der Waals surface area contributed by atoms with E-state index in [0.29, 0.717) is 18.9 Å². The van der Waals surface area contributed by atoms with E-state index in [-0.39, 0.29) is 23.7 Å². The summed E-state index contributed by atoms with van der Waals surface area (Å²) < 4.78 is 0. The second-order valence-electron chi connectivity index (χ2n) is 4.88. The van der Waals surface area contributed by atoms with Crippen molar-refractivity contribution in [3.8, 4) is 0 Å². The van der Waals surface area contributed by atoms with Gasteiger partial charge in [-0.3, -0.25) is 9.59 Å². The third-order valence-electron chi connectivity index (χ3n) is 3.20. The fourth-order valence-electron chi connectivity index (χ4n) is 2.31. The molecule has 3 nitrogen and oxygen atoms in total. The number of likely N-dealkylation sites (tertiary alicyclic amines) is 1. The van der Waals surface area contributed by atoms with Gasteiger partial charge < -0.3 is 4.90 Å². The maximum absolute atomic E-state index is 12.1. The van der Waals surface area contributed by atoms with Crippen LogP contribution in [0.4, 0.5) is 0 Å². The minimum absolute atomic E-state index is 0.0651. The van der Waals surface area contributed by atoms with Gasteiger partial charge in [-0.2, -0.15) is 0 Å². The van der Waals surface area contributed by atoms with Crippen molar-refractivity contribution in [1.82, 2.24) is 4.90 Å². The van der Waals surface area contributed by atoms with Crippen molar-refractivity contribution in [1.29, 1.82) is 0 Å². The lowest BCUT2D eigenvalue weighted by atomic mass is 10.0. The summed E-state index contributed by atoms with van der Waals surface area (Å²) in [5, 5.41) is 0. The first-order valence-corrected chi connectivity index (χ1v) is 5.89. The van der Waals surface area contributed by atoms with Crippen molar-refractivity contribution in [3.05, 3.63) is 12.7 Å². The van der Waals surface area contributed by atoms with E-state index in [2.05, 4.69) is 13.5 Å². The molecule has 1 saturated heterocycles. The van der Waals surface area contributed by atoms with Gasteiger partial charge in [0.1, 0.15) is 0 Å². The van der Waals surface area contributed by atoms with Crippen LogP contribution < -0.4 is 0 Å². The van der Waals surface area contributed by atoms with Crippen molar-refractivity contribution in [2.24, 2.45) is 11.8 Å². The molecule has 0 saturated carbocycles. The Labute approximate surface area is 97.5 Å². The molecular formula is C13H21NO2. The lowest BCUT2D eigenvalue weighted by Crippen LogP contribution is -2.42. The molecule has 3 unspecified atom stereocenters. The number of nitrogens with zero attached hydrogens (tertiary/aromatic N) is 1. The number of amides is 1. The number of hydrogen-bond acceptors (Lipinski definition) is 2. The van der Waals surface area contributed by atoms with Crippen molar-refractivity contribution >= 4 is 11.7 Å². The Kier molecular flexibility index (Phi) is 4.27. The maximum Gasteiger partial charge on any atom is 0.226 e. The molecule has 0 aliphatic carbocycles. The van der Waals surface area contributed by atoms with Crippen LogP contribution in [0.2, 0.25) is 0 Å². The molecule has 1 heterocycles. The molecule has 1 rings (SSSR count). The van der Waals surface area contributed by atoms with Gasteiger partial charge in [0.2, 0.25) is 5.91 Å². The Morgan fingerprint density at radius 1 is 1.56 bits per heavy atom. The molecule has 0 aromatic rings. The largest absolute Gasteiger partial charge is 0.332 e. The van der Waals surface area contributed by atoms with Gasteiger partial charge in [-0.25, -0.2) is 0 Å². The van der Waals surface area contributed by atoms with Gasteiger partial charge >= 0.3 is 0 Å². The summed E-state index contributed by atoms with van der Waals surface area (Å²) in [4.78, 5) is 25.3. The zero-order valence-corrected chi connectivity index (χ0v) is 10.4. The highest BCUT2D eigenvalue weighted by molar-refractivity contribution is 5.89. The van der Waals surface area contributed by atoms with Crippen molar-refractivity contribution in [2.45, 2.75) is 39.7 Å². The summed E-state index contributed by atoms with van der Waals surface area (Å²) >= 11 is 0. The molecule has 90 valence electrons. The molecule has 1 amide bonds. The first-order chi connectivity index (χ1) is 7.47. The predicted molar refractivity (Wildman–Crippen MR) is 63.9 cm³/mol. The van der Waals surface area contributed by atoms with E-state index in [0.717, 1.165) is 6.42 Å². The van der Waals surface area contributed by atoms with Gasteiger partial charge in [0.05, 0.1) is 6.04 Å². The molecule has 0 radical (unpaired) electrons. The molecule has 16 heavy (non-hydrogen) atoms. The van der Waals surface area contributed by atoms with Gasteiger partial charge in [-0.05, 0) is 25.7 Å². The number of allylic oxidation sites excluding steroid dienone is 1. The lowest BCUT2D eigenvalue weighted by molar-refractivity contribution is -0.139. The molecule has 1 fully saturated rings. The van der Waals surface area contributed by atoms with Crippen LogP contribution in [0.25, 0.3) is 0 Å². The Morgan fingerprint density at radius 3 is 2.69 bits per heavy atom. The first kappa shape index (κ1) is 12.9. The Bertz CT molecular complexity index is 298. The third-order valence-corrected chi connectivity index (χ3v) is 3.20. The topological polar surface area (TPSA) is 37.4 Å². The van der Waals surface area contributed by atoms with Crippen LogP contribution in [0.3, 0.4) is 0 Å². The smallest absolute Gasteiger partial charge is 0.226 e.